The maximum Gasteiger partial charge on any atom is 0.258 e. The normalized spacial score (nSPS) is 22.4. The van der Waals surface area contributed by atoms with Crippen LogP contribution in [0.1, 0.15) is 19.8 Å². The molecule has 20 heavy (non-hydrogen) atoms. The van der Waals surface area contributed by atoms with Crippen molar-refractivity contribution in [3.8, 4) is 5.75 Å². The van der Waals surface area contributed by atoms with Gasteiger partial charge in [-0.1, -0.05) is 27.5 Å². The fourth-order valence-electron chi connectivity index (χ4n) is 2.23. The monoisotopic (exact) mass is 360 g/mol. The van der Waals surface area contributed by atoms with Gasteiger partial charge in [0.05, 0.1) is 5.02 Å². The summed E-state index contributed by atoms with van der Waals surface area (Å²) in [5, 5.41) is 6.82. The van der Waals surface area contributed by atoms with Crippen molar-refractivity contribution in [1.82, 2.24) is 10.6 Å². The van der Waals surface area contributed by atoms with Crippen LogP contribution in [0.5, 0.6) is 5.75 Å². The lowest BCUT2D eigenvalue weighted by molar-refractivity contribution is -0.124. The van der Waals surface area contributed by atoms with Gasteiger partial charge in [-0.25, -0.2) is 0 Å². The minimum absolute atomic E-state index is 0.0232. The summed E-state index contributed by atoms with van der Waals surface area (Å²) < 4.78 is 6.32. The molecule has 0 spiro atoms. The van der Waals surface area contributed by atoms with Crippen molar-refractivity contribution >= 4 is 33.4 Å². The van der Waals surface area contributed by atoms with Crippen molar-refractivity contribution in [3.63, 3.8) is 0 Å². The Morgan fingerprint density at radius 2 is 2.40 bits per heavy atom. The van der Waals surface area contributed by atoms with Crippen LogP contribution < -0.4 is 15.4 Å². The number of amides is 1. The molecule has 4 nitrogen and oxygen atoms in total. The molecule has 0 aliphatic carbocycles. The number of rotatable bonds is 4. The van der Waals surface area contributed by atoms with Crippen LogP contribution in [0.2, 0.25) is 5.02 Å². The van der Waals surface area contributed by atoms with Gasteiger partial charge in [0, 0.05) is 16.6 Å². The third-order valence-electron chi connectivity index (χ3n) is 3.36. The average Bonchev–Trinajstić information content (AvgIpc) is 2.40. The van der Waals surface area contributed by atoms with Crippen LogP contribution in [0.15, 0.2) is 22.7 Å². The van der Waals surface area contributed by atoms with Crippen LogP contribution in [0.4, 0.5) is 0 Å². The Kier molecular flexibility index (Phi) is 5.69. The molecule has 1 amide bonds. The molecule has 2 unspecified atom stereocenters. The highest BCUT2D eigenvalue weighted by molar-refractivity contribution is 9.10. The van der Waals surface area contributed by atoms with E-state index in [1.165, 1.54) is 0 Å². The van der Waals surface area contributed by atoms with Gasteiger partial charge in [0.1, 0.15) is 5.75 Å². The minimum atomic E-state index is -0.121. The van der Waals surface area contributed by atoms with E-state index in [9.17, 15) is 4.79 Å². The van der Waals surface area contributed by atoms with Crippen LogP contribution in [-0.2, 0) is 4.79 Å². The fraction of sp³-hybridized carbons (Fsp3) is 0.500. The van der Waals surface area contributed by atoms with Gasteiger partial charge in [-0.15, -0.1) is 0 Å². The smallest absolute Gasteiger partial charge is 0.258 e. The van der Waals surface area contributed by atoms with E-state index in [1.807, 2.05) is 6.07 Å². The van der Waals surface area contributed by atoms with Crippen LogP contribution in [0.25, 0.3) is 0 Å². The highest BCUT2D eigenvalue weighted by Crippen LogP contribution is 2.27. The Morgan fingerprint density at radius 1 is 1.60 bits per heavy atom. The quantitative estimate of drug-likeness (QED) is 0.867. The maximum atomic E-state index is 11.9. The summed E-state index contributed by atoms with van der Waals surface area (Å²) in [5.74, 6) is 0.393. The molecule has 6 heteroatoms. The minimum Gasteiger partial charge on any atom is -0.482 e. The second-order valence-electron chi connectivity index (χ2n) is 4.92. The molecular weight excluding hydrogens is 344 g/mol. The Morgan fingerprint density at radius 3 is 3.10 bits per heavy atom. The Balaban J connectivity index is 1.82. The zero-order valence-corrected chi connectivity index (χ0v) is 13.6. The first-order valence-corrected chi connectivity index (χ1v) is 7.84. The van der Waals surface area contributed by atoms with Crippen LogP contribution >= 0.6 is 27.5 Å². The van der Waals surface area contributed by atoms with E-state index in [0.29, 0.717) is 16.8 Å². The van der Waals surface area contributed by atoms with Crippen molar-refractivity contribution in [3.05, 3.63) is 27.7 Å². The van der Waals surface area contributed by atoms with Gasteiger partial charge in [-0.3, -0.25) is 4.79 Å². The molecule has 0 saturated carbocycles. The second-order valence-corrected chi connectivity index (χ2v) is 6.25. The number of ether oxygens (including phenoxy) is 1. The van der Waals surface area contributed by atoms with E-state index >= 15 is 0 Å². The summed E-state index contributed by atoms with van der Waals surface area (Å²) in [6.07, 6.45) is 2.08. The molecule has 1 aromatic carbocycles. The molecule has 1 saturated heterocycles. The predicted octanol–water partition coefficient (Wildman–Crippen LogP) is 2.74. The highest BCUT2D eigenvalue weighted by atomic mass is 79.9. The molecule has 110 valence electrons. The lowest BCUT2D eigenvalue weighted by Gasteiger charge is -2.30. The van der Waals surface area contributed by atoms with Crippen molar-refractivity contribution < 1.29 is 9.53 Å². The van der Waals surface area contributed by atoms with Gasteiger partial charge < -0.3 is 15.4 Å². The summed E-state index contributed by atoms with van der Waals surface area (Å²) >= 11 is 9.35. The van der Waals surface area contributed by atoms with Gasteiger partial charge in [0.2, 0.25) is 0 Å². The third kappa shape index (κ3) is 4.36. The molecule has 1 aliphatic rings. The van der Waals surface area contributed by atoms with Gasteiger partial charge in [0.25, 0.3) is 5.91 Å². The largest absolute Gasteiger partial charge is 0.482 e. The number of hydrogen-bond acceptors (Lipinski definition) is 3. The number of halogens is 2. The lowest BCUT2D eigenvalue weighted by Crippen LogP contribution is -2.52. The standard InChI is InChI=1S/C14H18BrClN2O2/c1-9-12(3-2-6-17-9)18-14(19)8-20-13-5-4-10(15)7-11(13)16/h4-5,7,9,12,17H,2-3,6,8H2,1H3,(H,18,19). The summed E-state index contributed by atoms with van der Waals surface area (Å²) in [6, 6.07) is 5.77. The molecule has 2 N–H and O–H groups in total. The van der Waals surface area contributed by atoms with E-state index in [0.717, 1.165) is 23.9 Å². The second kappa shape index (κ2) is 7.29. The first-order valence-electron chi connectivity index (χ1n) is 6.67. The first kappa shape index (κ1) is 15.6. The average molecular weight is 362 g/mol. The molecular formula is C14H18BrClN2O2. The molecule has 0 radical (unpaired) electrons. The van der Waals surface area contributed by atoms with E-state index in [4.69, 9.17) is 16.3 Å². The predicted molar refractivity (Wildman–Crippen MR) is 83.3 cm³/mol. The summed E-state index contributed by atoms with van der Waals surface area (Å²) in [6.45, 7) is 3.07. The molecule has 1 heterocycles. The van der Waals surface area contributed by atoms with Gasteiger partial charge in [0.15, 0.2) is 6.61 Å². The zero-order valence-electron chi connectivity index (χ0n) is 11.3. The van der Waals surface area contributed by atoms with Crippen molar-refractivity contribution in [1.29, 1.82) is 0 Å². The van der Waals surface area contributed by atoms with E-state index in [1.54, 1.807) is 12.1 Å². The number of carbonyl (C=O) groups excluding carboxylic acids is 1. The van der Waals surface area contributed by atoms with Crippen LogP contribution in [-0.4, -0.2) is 31.1 Å². The van der Waals surface area contributed by atoms with Gasteiger partial charge >= 0.3 is 0 Å². The van der Waals surface area contributed by atoms with E-state index in [2.05, 4.69) is 33.5 Å². The molecule has 0 bridgehead atoms. The van der Waals surface area contributed by atoms with Crippen molar-refractivity contribution in [2.75, 3.05) is 13.2 Å². The molecule has 2 rings (SSSR count). The lowest BCUT2D eigenvalue weighted by atomic mass is 10.00. The van der Waals surface area contributed by atoms with E-state index in [-0.39, 0.29) is 18.6 Å². The zero-order chi connectivity index (χ0) is 14.5. The third-order valence-corrected chi connectivity index (χ3v) is 4.15. The Labute approximate surface area is 132 Å². The SMILES string of the molecule is CC1NCCCC1NC(=O)COc1ccc(Br)cc1Cl. The number of benzene rings is 1. The molecule has 1 fully saturated rings. The van der Waals surface area contributed by atoms with Gasteiger partial charge in [-0.05, 0) is 44.5 Å². The number of piperidine rings is 1. The maximum absolute atomic E-state index is 11.9. The molecule has 0 aromatic heterocycles. The van der Waals surface area contributed by atoms with Crippen LogP contribution in [0, 0.1) is 0 Å². The van der Waals surface area contributed by atoms with Crippen molar-refractivity contribution in [2.45, 2.75) is 31.8 Å². The van der Waals surface area contributed by atoms with Crippen LogP contribution in [0.3, 0.4) is 0 Å². The van der Waals surface area contributed by atoms with Crippen molar-refractivity contribution in [2.24, 2.45) is 0 Å². The highest BCUT2D eigenvalue weighted by Gasteiger charge is 2.22. The number of nitrogens with one attached hydrogen (secondary N) is 2. The number of hydrogen-bond donors (Lipinski definition) is 2. The number of carbonyl (C=O) groups is 1. The van der Waals surface area contributed by atoms with Gasteiger partial charge in [-0.2, -0.15) is 0 Å². The summed E-state index contributed by atoms with van der Waals surface area (Å²) in [5.41, 5.74) is 0. The molecule has 1 aliphatic heterocycles. The van der Waals surface area contributed by atoms with E-state index < -0.39 is 0 Å². The topological polar surface area (TPSA) is 50.4 Å². The Hall–Kier alpha value is -0.780. The fourth-order valence-corrected chi connectivity index (χ4v) is 2.95. The first-order chi connectivity index (χ1) is 9.56. The summed E-state index contributed by atoms with van der Waals surface area (Å²) in [7, 11) is 0. The summed E-state index contributed by atoms with van der Waals surface area (Å²) in [4.78, 5) is 11.9. The Bertz CT molecular complexity index is 484. The molecule has 1 aromatic rings. The molecule has 2 atom stereocenters.